The Kier molecular flexibility index (Phi) is 5.18. The van der Waals surface area contributed by atoms with E-state index in [1.54, 1.807) is 12.1 Å². The van der Waals surface area contributed by atoms with Crippen molar-refractivity contribution in [2.75, 3.05) is 11.9 Å². The first-order valence-electron chi connectivity index (χ1n) is 5.36. The fourth-order valence-electron chi connectivity index (χ4n) is 1.55. The number of para-hydroxylation sites is 1. The molecular formula is C11H15ClN2O3. The molecule has 0 spiro atoms. The number of nitrogens with one attached hydrogen (secondary N) is 1. The van der Waals surface area contributed by atoms with Gasteiger partial charge in [-0.3, -0.25) is 10.1 Å². The van der Waals surface area contributed by atoms with E-state index in [-0.39, 0.29) is 23.4 Å². The second kappa shape index (κ2) is 6.42. The van der Waals surface area contributed by atoms with Crippen LogP contribution < -0.4 is 5.32 Å². The van der Waals surface area contributed by atoms with Gasteiger partial charge in [0.05, 0.1) is 4.92 Å². The summed E-state index contributed by atoms with van der Waals surface area (Å²) in [5.74, 6) is 0. The molecule has 17 heavy (non-hydrogen) atoms. The van der Waals surface area contributed by atoms with E-state index < -0.39 is 4.92 Å². The zero-order valence-electron chi connectivity index (χ0n) is 9.52. The quantitative estimate of drug-likeness (QED) is 0.608. The third kappa shape index (κ3) is 3.87. The number of nitro benzene ring substituents is 1. The molecule has 0 aliphatic heterocycles. The Morgan fingerprint density at radius 1 is 1.59 bits per heavy atom. The van der Waals surface area contributed by atoms with Gasteiger partial charge in [-0.1, -0.05) is 17.7 Å². The Balaban J connectivity index is 2.83. The predicted molar refractivity (Wildman–Crippen MR) is 67.5 cm³/mol. The zero-order valence-corrected chi connectivity index (χ0v) is 10.3. The van der Waals surface area contributed by atoms with Crippen molar-refractivity contribution < 1.29 is 10.0 Å². The van der Waals surface area contributed by atoms with Crippen molar-refractivity contribution in [1.82, 2.24) is 0 Å². The van der Waals surface area contributed by atoms with Gasteiger partial charge in [0.1, 0.15) is 10.7 Å². The van der Waals surface area contributed by atoms with Crippen molar-refractivity contribution in [1.29, 1.82) is 0 Å². The van der Waals surface area contributed by atoms with E-state index in [2.05, 4.69) is 5.32 Å². The molecule has 0 bridgehead atoms. The van der Waals surface area contributed by atoms with Crippen LogP contribution in [-0.2, 0) is 0 Å². The summed E-state index contributed by atoms with van der Waals surface area (Å²) in [6.45, 7) is 2.02. The first-order chi connectivity index (χ1) is 8.06. The van der Waals surface area contributed by atoms with Crippen LogP contribution >= 0.6 is 11.6 Å². The van der Waals surface area contributed by atoms with Gasteiger partial charge in [-0.25, -0.2) is 0 Å². The molecule has 94 valence electrons. The number of hydrogen-bond donors (Lipinski definition) is 2. The molecule has 2 N–H and O–H groups in total. The summed E-state index contributed by atoms with van der Waals surface area (Å²) in [6, 6.07) is 4.82. The van der Waals surface area contributed by atoms with Crippen molar-refractivity contribution in [3.8, 4) is 0 Å². The molecule has 6 heteroatoms. The Hall–Kier alpha value is -1.33. The van der Waals surface area contributed by atoms with E-state index in [1.165, 1.54) is 6.07 Å². The molecule has 0 amide bonds. The van der Waals surface area contributed by atoms with Gasteiger partial charge in [0.15, 0.2) is 0 Å². The average Bonchev–Trinajstić information content (AvgIpc) is 2.25. The van der Waals surface area contributed by atoms with Crippen LogP contribution in [0, 0.1) is 10.1 Å². The molecule has 0 aliphatic rings. The molecule has 0 saturated heterocycles. The molecule has 1 aromatic rings. The van der Waals surface area contributed by atoms with Crippen LogP contribution in [0.1, 0.15) is 19.8 Å². The lowest BCUT2D eigenvalue weighted by molar-refractivity contribution is -0.383. The number of rotatable bonds is 6. The number of anilines is 1. The van der Waals surface area contributed by atoms with Crippen LogP contribution in [0.5, 0.6) is 0 Å². The van der Waals surface area contributed by atoms with Gasteiger partial charge in [0.25, 0.3) is 0 Å². The molecule has 1 rings (SSSR count). The molecule has 0 aliphatic carbocycles. The van der Waals surface area contributed by atoms with Crippen LogP contribution in [0.25, 0.3) is 0 Å². The third-order valence-corrected chi connectivity index (χ3v) is 2.67. The summed E-state index contributed by atoms with van der Waals surface area (Å²) in [4.78, 5) is 10.4. The molecular weight excluding hydrogens is 244 g/mol. The van der Waals surface area contributed by atoms with Gasteiger partial charge in [-0.15, -0.1) is 0 Å². The molecule has 1 aromatic carbocycles. The van der Waals surface area contributed by atoms with Crippen molar-refractivity contribution >= 4 is 23.0 Å². The van der Waals surface area contributed by atoms with E-state index in [1.807, 2.05) is 6.92 Å². The van der Waals surface area contributed by atoms with Crippen LogP contribution in [0.15, 0.2) is 18.2 Å². The van der Waals surface area contributed by atoms with Gasteiger partial charge in [0.2, 0.25) is 0 Å². The standard InChI is InChI=1S/C11H15ClN2O3/c1-8(4-3-7-15)13-10-6-2-5-9(12)11(10)14(16)17/h2,5-6,8,13,15H,3-4,7H2,1H3. The number of aliphatic hydroxyl groups excluding tert-OH is 1. The Bertz CT molecular complexity index is 398. The first kappa shape index (κ1) is 13.7. The number of halogens is 1. The Labute approximate surface area is 105 Å². The Morgan fingerprint density at radius 2 is 2.29 bits per heavy atom. The van der Waals surface area contributed by atoms with E-state index in [9.17, 15) is 10.1 Å². The third-order valence-electron chi connectivity index (χ3n) is 2.37. The normalized spacial score (nSPS) is 12.2. The minimum Gasteiger partial charge on any atom is -0.396 e. The molecule has 5 nitrogen and oxygen atoms in total. The number of benzene rings is 1. The van der Waals surface area contributed by atoms with Crippen molar-refractivity contribution in [3.05, 3.63) is 33.3 Å². The topological polar surface area (TPSA) is 75.4 Å². The number of nitrogens with zero attached hydrogens (tertiary/aromatic N) is 1. The fraction of sp³-hybridized carbons (Fsp3) is 0.455. The minimum atomic E-state index is -0.497. The van der Waals surface area contributed by atoms with E-state index in [0.717, 1.165) is 6.42 Å². The smallest absolute Gasteiger partial charge is 0.310 e. The van der Waals surface area contributed by atoms with Crippen molar-refractivity contribution in [2.45, 2.75) is 25.8 Å². The lowest BCUT2D eigenvalue weighted by atomic mass is 10.1. The van der Waals surface area contributed by atoms with E-state index >= 15 is 0 Å². The summed E-state index contributed by atoms with van der Waals surface area (Å²) in [5.41, 5.74) is 0.304. The molecule has 0 saturated carbocycles. The van der Waals surface area contributed by atoms with Gasteiger partial charge >= 0.3 is 5.69 Å². The second-order valence-corrected chi connectivity index (χ2v) is 4.21. The largest absolute Gasteiger partial charge is 0.396 e. The lowest BCUT2D eigenvalue weighted by Gasteiger charge is -2.14. The lowest BCUT2D eigenvalue weighted by Crippen LogP contribution is -2.16. The molecule has 1 unspecified atom stereocenters. The fourth-order valence-corrected chi connectivity index (χ4v) is 1.80. The molecule has 1 atom stereocenters. The molecule has 0 fully saturated rings. The highest BCUT2D eigenvalue weighted by Crippen LogP contribution is 2.32. The highest BCUT2D eigenvalue weighted by molar-refractivity contribution is 6.33. The van der Waals surface area contributed by atoms with Crippen LogP contribution in [0.2, 0.25) is 5.02 Å². The SMILES string of the molecule is CC(CCCO)Nc1cccc(Cl)c1[N+](=O)[O-]. The maximum Gasteiger partial charge on any atom is 0.310 e. The van der Waals surface area contributed by atoms with Crippen LogP contribution in [0.3, 0.4) is 0 Å². The van der Waals surface area contributed by atoms with Crippen LogP contribution in [-0.4, -0.2) is 22.7 Å². The Morgan fingerprint density at radius 3 is 2.88 bits per heavy atom. The van der Waals surface area contributed by atoms with Gasteiger partial charge in [0, 0.05) is 12.6 Å². The molecule has 0 aromatic heterocycles. The predicted octanol–water partition coefficient (Wildman–Crippen LogP) is 2.82. The number of nitro groups is 1. The molecule has 0 radical (unpaired) electrons. The zero-order chi connectivity index (χ0) is 12.8. The maximum atomic E-state index is 10.9. The van der Waals surface area contributed by atoms with Gasteiger partial charge < -0.3 is 10.4 Å². The number of aliphatic hydroxyl groups is 1. The van der Waals surface area contributed by atoms with Crippen molar-refractivity contribution in [3.63, 3.8) is 0 Å². The summed E-state index contributed by atoms with van der Waals surface area (Å²) in [6.07, 6.45) is 1.39. The van der Waals surface area contributed by atoms with E-state index in [0.29, 0.717) is 12.1 Å². The monoisotopic (exact) mass is 258 g/mol. The average molecular weight is 259 g/mol. The van der Waals surface area contributed by atoms with Crippen LogP contribution in [0.4, 0.5) is 11.4 Å². The summed E-state index contributed by atoms with van der Waals surface area (Å²) < 4.78 is 0. The highest BCUT2D eigenvalue weighted by atomic mass is 35.5. The van der Waals surface area contributed by atoms with E-state index in [4.69, 9.17) is 16.7 Å². The summed E-state index contributed by atoms with van der Waals surface area (Å²) in [5, 5.41) is 22.7. The van der Waals surface area contributed by atoms with Gasteiger partial charge in [-0.2, -0.15) is 0 Å². The minimum absolute atomic E-state index is 0.0410. The summed E-state index contributed by atoms with van der Waals surface area (Å²) in [7, 11) is 0. The van der Waals surface area contributed by atoms with Gasteiger partial charge in [-0.05, 0) is 31.9 Å². The summed E-state index contributed by atoms with van der Waals surface area (Å²) >= 11 is 5.79. The number of hydrogen-bond acceptors (Lipinski definition) is 4. The van der Waals surface area contributed by atoms with Crippen molar-refractivity contribution in [2.24, 2.45) is 0 Å². The molecule has 0 heterocycles. The highest BCUT2D eigenvalue weighted by Gasteiger charge is 2.19. The second-order valence-electron chi connectivity index (χ2n) is 3.80. The first-order valence-corrected chi connectivity index (χ1v) is 5.74. The maximum absolute atomic E-state index is 10.9.